The van der Waals surface area contributed by atoms with Crippen molar-refractivity contribution in [2.24, 2.45) is 0 Å². The number of methoxy groups -OCH3 is 1. The fourth-order valence-electron chi connectivity index (χ4n) is 2.55. The Hall–Kier alpha value is -1.88. The van der Waals surface area contributed by atoms with E-state index in [0.29, 0.717) is 24.2 Å². The van der Waals surface area contributed by atoms with Gasteiger partial charge in [-0.2, -0.15) is 0 Å². The van der Waals surface area contributed by atoms with E-state index in [4.69, 9.17) is 4.74 Å². The Balaban J connectivity index is 2.20. The molecule has 0 spiro atoms. The fourth-order valence-corrected chi connectivity index (χ4v) is 2.55. The van der Waals surface area contributed by atoms with Crippen molar-refractivity contribution in [2.75, 3.05) is 13.7 Å². The van der Waals surface area contributed by atoms with Crippen LogP contribution in [0.1, 0.15) is 42.9 Å². The summed E-state index contributed by atoms with van der Waals surface area (Å²) in [6.07, 6.45) is 1.24. The zero-order valence-corrected chi connectivity index (χ0v) is 12.5. The summed E-state index contributed by atoms with van der Waals surface area (Å²) in [5.74, 6) is 0.147. The quantitative estimate of drug-likeness (QED) is 0.861. The number of nitrogens with zero attached hydrogens (tertiary/aromatic N) is 1. The predicted octanol–water partition coefficient (Wildman–Crippen LogP) is 1.97. The van der Waals surface area contributed by atoms with Gasteiger partial charge < -0.3 is 9.84 Å². The number of aliphatic hydroxyl groups excluding tert-OH is 1. The summed E-state index contributed by atoms with van der Waals surface area (Å²) in [6, 6.07) is 5.48. The van der Waals surface area contributed by atoms with Crippen LogP contribution in [0.3, 0.4) is 0 Å². The summed E-state index contributed by atoms with van der Waals surface area (Å²) in [7, 11) is 1.53. The Bertz CT molecular complexity index is 523. The summed E-state index contributed by atoms with van der Waals surface area (Å²) in [5.41, 5.74) is 1.58. The van der Waals surface area contributed by atoms with E-state index >= 15 is 0 Å². The molecule has 2 rings (SSSR count). The number of imide groups is 1. The number of aryl methyl sites for hydroxylation is 1. The van der Waals surface area contributed by atoms with E-state index < -0.39 is 6.10 Å². The van der Waals surface area contributed by atoms with Crippen molar-refractivity contribution in [1.29, 1.82) is 0 Å². The molecule has 1 saturated heterocycles. The zero-order chi connectivity index (χ0) is 15.4. The van der Waals surface area contributed by atoms with E-state index in [2.05, 4.69) is 0 Å². The molecule has 1 unspecified atom stereocenters. The second-order valence-corrected chi connectivity index (χ2v) is 5.37. The largest absolute Gasteiger partial charge is 0.496 e. The third-order valence-electron chi connectivity index (χ3n) is 3.73. The maximum Gasteiger partial charge on any atom is 0.229 e. The minimum absolute atomic E-state index is 0.0164. The summed E-state index contributed by atoms with van der Waals surface area (Å²) >= 11 is 0. The molecule has 1 atom stereocenters. The van der Waals surface area contributed by atoms with Gasteiger partial charge in [0.15, 0.2) is 0 Å². The number of carbonyl (C=O) groups is 2. The summed E-state index contributed by atoms with van der Waals surface area (Å²) in [5, 5.41) is 10.4. The SMILES string of the molecule is COc1ccc(C)cc1C(O)CN1C(=O)CCCCC1=O. The molecule has 0 saturated carbocycles. The standard InChI is InChI=1S/C16H21NO4/c1-11-7-8-14(21-2)12(9-11)13(18)10-17-15(19)5-3-4-6-16(17)20/h7-9,13,18H,3-6,10H2,1-2H3. The van der Waals surface area contributed by atoms with Gasteiger partial charge >= 0.3 is 0 Å². The van der Waals surface area contributed by atoms with Gasteiger partial charge in [0.1, 0.15) is 11.9 Å². The van der Waals surface area contributed by atoms with Crippen molar-refractivity contribution < 1.29 is 19.4 Å². The molecule has 114 valence electrons. The topological polar surface area (TPSA) is 66.8 Å². The summed E-state index contributed by atoms with van der Waals surface area (Å²) in [4.78, 5) is 25.1. The van der Waals surface area contributed by atoms with Gasteiger partial charge in [-0.1, -0.05) is 11.6 Å². The molecule has 1 N–H and O–H groups in total. The van der Waals surface area contributed by atoms with Gasteiger partial charge in [-0.25, -0.2) is 0 Å². The molecule has 0 aliphatic carbocycles. The lowest BCUT2D eigenvalue weighted by Crippen LogP contribution is -2.38. The molecular weight excluding hydrogens is 270 g/mol. The van der Waals surface area contributed by atoms with Crippen LogP contribution in [0.4, 0.5) is 0 Å². The average Bonchev–Trinajstić information content (AvgIpc) is 2.62. The maximum absolute atomic E-state index is 12.0. The minimum Gasteiger partial charge on any atom is -0.496 e. The normalized spacial score (nSPS) is 17.6. The van der Waals surface area contributed by atoms with Crippen LogP contribution in [-0.2, 0) is 9.59 Å². The smallest absolute Gasteiger partial charge is 0.229 e. The lowest BCUT2D eigenvalue weighted by atomic mass is 10.0. The first-order valence-electron chi connectivity index (χ1n) is 7.18. The zero-order valence-electron chi connectivity index (χ0n) is 12.5. The van der Waals surface area contributed by atoms with Crippen LogP contribution in [-0.4, -0.2) is 35.5 Å². The van der Waals surface area contributed by atoms with Crippen molar-refractivity contribution in [2.45, 2.75) is 38.7 Å². The average molecular weight is 291 g/mol. The molecule has 1 aliphatic heterocycles. The van der Waals surface area contributed by atoms with Crippen LogP contribution >= 0.6 is 0 Å². The third kappa shape index (κ3) is 3.61. The van der Waals surface area contributed by atoms with Crippen molar-refractivity contribution >= 4 is 11.8 Å². The van der Waals surface area contributed by atoms with Crippen LogP contribution < -0.4 is 4.74 Å². The summed E-state index contributed by atoms with van der Waals surface area (Å²) < 4.78 is 5.24. The highest BCUT2D eigenvalue weighted by Crippen LogP contribution is 2.27. The van der Waals surface area contributed by atoms with E-state index in [-0.39, 0.29) is 18.4 Å². The Labute approximate surface area is 124 Å². The highest BCUT2D eigenvalue weighted by molar-refractivity contribution is 5.96. The van der Waals surface area contributed by atoms with Crippen LogP contribution in [0.15, 0.2) is 18.2 Å². The number of hydrogen-bond donors (Lipinski definition) is 1. The molecule has 1 aliphatic rings. The Morgan fingerprint density at radius 1 is 1.24 bits per heavy atom. The number of amides is 2. The molecular formula is C16H21NO4. The predicted molar refractivity (Wildman–Crippen MR) is 77.9 cm³/mol. The van der Waals surface area contributed by atoms with E-state index in [9.17, 15) is 14.7 Å². The number of aliphatic hydroxyl groups is 1. The monoisotopic (exact) mass is 291 g/mol. The second kappa shape index (κ2) is 6.72. The Morgan fingerprint density at radius 3 is 2.43 bits per heavy atom. The molecule has 21 heavy (non-hydrogen) atoms. The molecule has 1 fully saturated rings. The van der Waals surface area contributed by atoms with Crippen molar-refractivity contribution in [3.05, 3.63) is 29.3 Å². The van der Waals surface area contributed by atoms with Crippen molar-refractivity contribution in [3.63, 3.8) is 0 Å². The van der Waals surface area contributed by atoms with Gasteiger partial charge in [0, 0.05) is 18.4 Å². The highest BCUT2D eigenvalue weighted by Gasteiger charge is 2.27. The van der Waals surface area contributed by atoms with Crippen molar-refractivity contribution in [1.82, 2.24) is 4.90 Å². The number of carbonyl (C=O) groups excluding carboxylic acids is 2. The lowest BCUT2D eigenvalue weighted by molar-refractivity contribution is -0.145. The molecule has 0 bridgehead atoms. The van der Waals surface area contributed by atoms with Gasteiger partial charge in [0.25, 0.3) is 0 Å². The maximum atomic E-state index is 12.0. The molecule has 1 heterocycles. The van der Waals surface area contributed by atoms with Crippen LogP contribution in [0.2, 0.25) is 0 Å². The molecule has 0 radical (unpaired) electrons. The van der Waals surface area contributed by atoms with E-state index in [0.717, 1.165) is 18.4 Å². The minimum atomic E-state index is -0.939. The van der Waals surface area contributed by atoms with E-state index in [1.807, 2.05) is 19.1 Å². The number of β-amino-alcohol motifs (C(OH)–C–C–N with tert-alkyl or cyclic N) is 1. The molecule has 5 heteroatoms. The van der Waals surface area contributed by atoms with Gasteiger partial charge in [0.05, 0.1) is 13.7 Å². The molecule has 5 nitrogen and oxygen atoms in total. The third-order valence-corrected chi connectivity index (χ3v) is 3.73. The van der Waals surface area contributed by atoms with Crippen LogP contribution in [0, 0.1) is 6.92 Å². The van der Waals surface area contributed by atoms with Crippen LogP contribution in [0.5, 0.6) is 5.75 Å². The van der Waals surface area contributed by atoms with Crippen LogP contribution in [0.25, 0.3) is 0 Å². The van der Waals surface area contributed by atoms with Gasteiger partial charge in [-0.05, 0) is 31.9 Å². The molecule has 1 aromatic carbocycles. The van der Waals surface area contributed by atoms with Crippen molar-refractivity contribution in [3.8, 4) is 5.75 Å². The molecule has 0 aromatic heterocycles. The highest BCUT2D eigenvalue weighted by atomic mass is 16.5. The van der Waals surface area contributed by atoms with Gasteiger partial charge in [0.2, 0.25) is 11.8 Å². The Kier molecular flexibility index (Phi) is 4.96. The second-order valence-electron chi connectivity index (χ2n) is 5.37. The lowest BCUT2D eigenvalue weighted by Gasteiger charge is -2.23. The number of likely N-dealkylation sites (tertiary alicyclic amines) is 1. The Morgan fingerprint density at radius 2 is 1.86 bits per heavy atom. The van der Waals surface area contributed by atoms with E-state index in [1.54, 1.807) is 6.07 Å². The number of benzene rings is 1. The van der Waals surface area contributed by atoms with Gasteiger partial charge in [-0.3, -0.25) is 14.5 Å². The summed E-state index contributed by atoms with van der Waals surface area (Å²) in [6.45, 7) is 1.90. The first-order valence-corrected chi connectivity index (χ1v) is 7.18. The molecule has 2 amide bonds. The first-order chi connectivity index (χ1) is 10.0. The fraction of sp³-hybridized carbons (Fsp3) is 0.500. The number of hydrogen-bond acceptors (Lipinski definition) is 4. The van der Waals surface area contributed by atoms with E-state index in [1.165, 1.54) is 12.0 Å². The number of ether oxygens (including phenoxy) is 1. The first kappa shape index (κ1) is 15.5. The molecule has 1 aromatic rings. The number of rotatable bonds is 4. The van der Waals surface area contributed by atoms with Gasteiger partial charge in [-0.15, -0.1) is 0 Å².